The molecule has 0 aliphatic carbocycles. The van der Waals surface area contributed by atoms with Crippen molar-refractivity contribution in [1.29, 1.82) is 5.26 Å². The maximum absolute atomic E-state index is 9.12. The molecule has 1 aromatic heterocycles. The fraction of sp³-hybridized carbons (Fsp3) is 0.538. The third kappa shape index (κ3) is 2.40. The van der Waals surface area contributed by atoms with Crippen molar-refractivity contribution in [2.75, 3.05) is 18.0 Å². The van der Waals surface area contributed by atoms with Gasteiger partial charge in [0.05, 0.1) is 5.56 Å². The molecule has 1 saturated heterocycles. The molecule has 0 radical (unpaired) electrons. The lowest BCUT2D eigenvalue weighted by molar-refractivity contribution is 0.372. The Bertz CT molecular complexity index is 424. The number of pyridine rings is 1. The van der Waals surface area contributed by atoms with Crippen molar-refractivity contribution in [2.24, 2.45) is 11.7 Å². The summed E-state index contributed by atoms with van der Waals surface area (Å²) in [6, 6.07) is 6.26. The maximum atomic E-state index is 9.12. The van der Waals surface area contributed by atoms with Gasteiger partial charge in [-0.15, -0.1) is 0 Å². The third-order valence-corrected chi connectivity index (χ3v) is 3.49. The number of nitriles is 1. The van der Waals surface area contributed by atoms with Gasteiger partial charge in [0.15, 0.2) is 0 Å². The summed E-state index contributed by atoms with van der Waals surface area (Å²) in [5.41, 5.74) is 6.40. The molecule has 2 rings (SSSR count). The summed E-state index contributed by atoms with van der Waals surface area (Å²) in [4.78, 5) is 6.58. The van der Waals surface area contributed by atoms with Crippen LogP contribution in [-0.2, 0) is 0 Å². The summed E-state index contributed by atoms with van der Waals surface area (Å²) >= 11 is 0. The zero-order valence-electron chi connectivity index (χ0n) is 10.1. The highest BCUT2D eigenvalue weighted by atomic mass is 15.2. The topological polar surface area (TPSA) is 65.9 Å². The van der Waals surface area contributed by atoms with Crippen LogP contribution in [0.4, 0.5) is 5.82 Å². The van der Waals surface area contributed by atoms with Gasteiger partial charge in [-0.1, -0.05) is 0 Å². The molecule has 1 aliphatic heterocycles. The Labute approximate surface area is 102 Å². The van der Waals surface area contributed by atoms with Crippen molar-refractivity contribution < 1.29 is 0 Å². The van der Waals surface area contributed by atoms with Gasteiger partial charge in [-0.25, -0.2) is 4.98 Å². The quantitative estimate of drug-likeness (QED) is 0.836. The highest BCUT2D eigenvalue weighted by molar-refractivity contribution is 5.54. The van der Waals surface area contributed by atoms with E-state index in [2.05, 4.69) is 22.9 Å². The molecule has 90 valence electrons. The third-order valence-electron chi connectivity index (χ3n) is 3.49. The molecule has 0 spiro atoms. The Morgan fingerprint density at radius 2 is 2.41 bits per heavy atom. The van der Waals surface area contributed by atoms with Crippen LogP contribution in [0.5, 0.6) is 0 Å². The molecular weight excluding hydrogens is 212 g/mol. The van der Waals surface area contributed by atoms with Gasteiger partial charge in [0.25, 0.3) is 0 Å². The lowest BCUT2D eigenvalue weighted by atomic mass is 9.93. The van der Waals surface area contributed by atoms with E-state index in [4.69, 9.17) is 11.0 Å². The lowest BCUT2D eigenvalue weighted by Crippen LogP contribution is -2.44. The molecule has 2 N–H and O–H groups in total. The van der Waals surface area contributed by atoms with E-state index in [9.17, 15) is 0 Å². The van der Waals surface area contributed by atoms with E-state index in [0.29, 0.717) is 24.1 Å². The van der Waals surface area contributed by atoms with E-state index < -0.39 is 0 Å². The van der Waals surface area contributed by atoms with Crippen LogP contribution >= 0.6 is 0 Å². The molecule has 17 heavy (non-hydrogen) atoms. The van der Waals surface area contributed by atoms with Gasteiger partial charge in [0.2, 0.25) is 0 Å². The summed E-state index contributed by atoms with van der Waals surface area (Å²) in [7, 11) is 0. The average Bonchev–Trinajstić information content (AvgIpc) is 2.39. The Morgan fingerprint density at radius 3 is 3.12 bits per heavy atom. The molecule has 0 bridgehead atoms. The fourth-order valence-corrected chi connectivity index (χ4v) is 2.38. The first kappa shape index (κ1) is 11.9. The second-order valence-electron chi connectivity index (χ2n) is 4.67. The Morgan fingerprint density at radius 1 is 1.59 bits per heavy atom. The van der Waals surface area contributed by atoms with Gasteiger partial charge in [-0.3, -0.25) is 0 Å². The maximum Gasteiger partial charge on any atom is 0.146 e. The summed E-state index contributed by atoms with van der Waals surface area (Å²) in [5, 5.41) is 9.12. The SMILES string of the molecule is CC1CCC(CN)CN1c1ncccc1C#N. The number of anilines is 1. The minimum Gasteiger partial charge on any atom is -0.352 e. The Hall–Kier alpha value is -1.60. The molecule has 4 heteroatoms. The molecule has 1 aromatic rings. The van der Waals surface area contributed by atoms with E-state index in [1.807, 2.05) is 6.07 Å². The molecule has 2 heterocycles. The first-order chi connectivity index (χ1) is 8.26. The first-order valence-electron chi connectivity index (χ1n) is 6.08. The van der Waals surface area contributed by atoms with E-state index in [0.717, 1.165) is 18.8 Å². The molecule has 4 nitrogen and oxygen atoms in total. The van der Waals surface area contributed by atoms with E-state index in [1.54, 1.807) is 12.3 Å². The van der Waals surface area contributed by atoms with Crippen LogP contribution in [0.25, 0.3) is 0 Å². The van der Waals surface area contributed by atoms with E-state index in [-0.39, 0.29) is 0 Å². The number of nitrogens with zero attached hydrogens (tertiary/aromatic N) is 3. The van der Waals surface area contributed by atoms with Crippen molar-refractivity contribution in [1.82, 2.24) is 4.98 Å². The predicted molar refractivity (Wildman–Crippen MR) is 67.5 cm³/mol. The first-order valence-corrected chi connectivity index (χ1v) is 6.08. The smallest absolute Gasteiger partial charge is 0.146 e. The van der Waals surface area contributed by atoms with Crippen LogP contribution in [-0.4, -0.2) is 24.1 Å². The van der Waals surface area contributed by atoms with Crippen molar-refractivity contribution in [3.63, 3.8) is 0 Å². The van der Waals surface area contributed by atoms with Crippen molar-refractivity contribution in [3.8, 4) is 6.07 Å². The van der Waals surface area contributed by atoms with E-state index >= 15 is 0 Å². The molecule has 0 aromatic carbocycles. The number of rotatable bonds is 2. The predicted octanol–water partition coefficient (Wildman–Crippen LogP) is 1.52. The van der Waals surface area contributed by atoms with E-state index in [1.165, 1.54) is 6.42 Å². The summed E-state index contributed by atoms with van der Waals surface area (Å²) in [6.45, 7) is 3.80. The molecule has 0 saturated carbocycles. The summed E-state index contributed by atoms with van der Waals surface area (Å²) in [5.74, 6) is 1.32. The van der Waals surface area contributed by atoms with Crippen LogP contribution in [0.15, 0.2) is 18.3 Å². The Balaban J connectivity index is 2.28. The minimum absolute atomic E-state index is 0.430. The number of nitrogens with two attached hydrogens (primary N) is 1. The number of hydrogen-bond acceptors (Lipinski definition) is 4. The van der Waals surface area contributed by atoms with Gasteiger partial charge in [0.1, 0.15) is 11.9 Å². The molecule has 0 amide bonds. The summed E-state index contributed by atoms with van der Waals surface area (Å²) in [6.07, 6.45) is 4.03. The van der Waals surface area contributed by atoms with Crippen molar-refractivity contribution in [3.05, 3.63) is 23.9 Å². The van der Waals surface area contributed by atoms with Crippen molar-refractivity contribution in [2.45, 2.75) is 25.8 Å². The molecule has 1 fully saturated rings. The molecule has 2 atom stereocenters. The van der Waals surface area contributed by atoms with Crippen LogP contribution < -0.4 is 10.6 Å². The van der Waals surface area contributed by atoms with Crippen LogP contribution in [0, 0.1) is 17.2 Å². The standard InChI is InChI=1S/C13H18N4/c1-10-4-5-11(7-14)9-17(10)13-12(8-15)3-2-6-16-13/h2-3,6,10-11H,4-5,7,9,14H2,1H3. The molecular formula is C13H18N4. The highest BCUT2D eigenvalue weighted by Crippen LogP contribution is 2.27. The monoisotopic (exact) mass is 230 g/mol. The van der Waals surface area contributed by atoms with Gasteiger partial charge in [-0.2, -0.15) is 5.26 Å². The van der Waals surface area contributed by atoms with Gasteiger partial charge in [0, 0.05) is 18.8 Å². The second-order valence-corrected chi connectivity index (χ2v) is 4.67. The Kier molecular flexibility index (Phi) is 3.60. The molecule has 1 aliphatic rings. The van der Waals surface area contributed by atoms with Gasteiger partial charge >= 0.3 is 0 Å². The number of hydrogen-bond donors (Lipinski definition) is 1. The van der Waals surface area contributed by atoms with Gasteiger partial charge in [-0.05, 0) is 44.4 Å². The van der Waals surface area contributed by atoms with Crippen LogP contribution in [0.2, 0.25) is 0 Å². The molecule has 2 unspecified atom stereocenters. The highest BCUT2D eigenvalue weighted by Gasteiger charge is 2.26. The average molecular weight is 230 g/mol. The minimum atomic E-state index is 0.430. The lowest BCUT2D eigenvalue weighted by Gasteiger charge is -2.38. The largest absolute Gasteiger partial charge is 0.352 e. The normalized spacial score (nSPS) is 24.4. The van der Waals surface area contributed by atoms with Gasteiger partial charge < -0.3 is 10.6 Å². The summed E-state index contributed by atoms with van der Waals surface area (Å²) < 4.78 is 0. The van der Waals surface area contributed by atoms with Crippen molar-refractivity contribution >= 4 is 5.82 Å². The fourth-order valence-electron chi connectivity index (χ4n) is 2.38. The van der Waals surface area contributed by atoms with Crippen LogP contribution in [0.1, 0.15) is 25.3 Å². The zero-order valence-corrected chi connectivity index (χ0v) is 10.1. The second kappa shape index (κ2) is 5.15. The van der Waals surface area contributed by atoms with Crippen LogP contribution in [0.3, 0.4) is 0 Å². The zero-order chi connectivity index (χ0) is 12.3. The number of piperidine rings is 1. The number of aromatic nitrogens is 1.